The first-order valence-corrected chi connectivity index (χ1v) is 4.72. The van der Waals surface area contributed by atoms with E-state index in [2.05, 4.69) is 0 Å². The first kappa shape index (κ1) is 11.6. The summed E-state index contributed by atoms with van der Waals surface area (Å²) < 4.78 is 26.6. The molecule has 0 aromatic heterocycles. The van der Waals surface area contributed by atoms with Crippen LogP contribution in [0.25, 0.3) is 0 Å². The standard InChI is InChI=1S/C12H12F2O/c1-3-4-5-11(15)12-9(13)6-8(2)7-10(12)14/h4-7H,3H2,1-2H3/b5-4+. The van der Waals surface area contributed by atoms with Crippen LogP contribution < -0.4 is 0 Å². The SMILES string of the molecule is CC/C=C/C(=O)c1c(F)cc(C)cc1F. The average molecular weight is 210 g/mol. The van der Waals surface area contributed by atoms with Crippen LogP contribution in [0.1, 0.15) is 29.3 Å². The highest BCUT2D eigenvalue weighted by atomic mass is 19.1. The van der Waals surface area contributed by atoms with Crippen LogP contribution in [0.4, 0.5) is 8.78 Å². The van der Waals surface area contributed by atoms with E-state index in [1.54, 1.807) is 13.0 Å². The molecule has 0 aliphatic rings. The molecule has 0 fully saturated rings. The molecular formula is C12H12F2O. The summed E-state index contributed by atoms with van der Waals surface area (Å²) >= 11 is 0. The van der Waals surface area contributed by atoms with E-state index in [-0.39, 0.29) is 0 Å². The third kappa shape index (κ3) is 2.72. The monoisotopic (exact) mass is 210 g/mol. The molecule has 0 aliphatic heterocycles. The Balaban J connectivity index is 3.14. The maximum absolute atomic E-state index is 13.3. The van der Waals surface area contributed by atoms with Crippen molar-refractivity contribution >= 4 is 5.78 Å². The summed E-state index contributed by atoms with van der Waals surface area (Å²) in [6.45, 7) is 3.41. The van der Waals surface area contributed by atoms with Crippen LogP contribution in [0.2, 0.25) is 0 Å². The minimum atomic E-state index is -0.807. The number of halogens is 2. The van der Waals surface area contributed by atoms with Gasteiger partial charge in [-0.2, -0.15) is 0 Å². The van der Waals surface area contributed by atoms with E-state index in [1.165, 1.54) is 6.08 Å². The number of allylic oxidation sites excluding steroid dienone is 2. The molecule has 80 valence electrons. The molecule has 0 saturated heterocycles. The van der Waals surface area contributed by atoms with Gasteiger partial charge in [0, 0.05) is 0 Å². The number of hydrogen-bond acceptors (Lipinski definition) is 1. The fraction of sp³-hybridized carbons (Fsp3) is 0.250. The molecule has 1 aromatic rings. The molecule has 0 aliphatic carbocycles. The number of benzene rings is 1. The Bertz CT molecular complexity index is 385. The van der Waals surface area contributed by atoms with Crippen LogP contribution in [-0.2, 0) is 0 Å². The molecule has 0 unspecified atom stereocenters. The Morgan fingerprint density at radius 3 is 2.33 bits per heavy atom. The molecule has 0 heterocycles. The fourth-order valence-corrected chi connectivity index (χ4v) is 1.24. The van der Waals surface area contributed by atoms with E-state index >= 15 is 0 Å². The van der Waals surface area contributed by atoms with E-state index in [1.807, 2.05) is 6.92 Å². The predicted octanol–water partition coefficient (Wildman–Crippen LogP) is 3.42. The van der Waals surface area contributed by atoms with Crippen molar-refractivity contribution < 1.29 is 13.6 Å². The third-order valence-electron chi connectivity index (χ3n) is 1.94. The lowest BCUT2D eigenvalue weighted by atomic mass is 10.1. The van der Waals surface area contributed by atoms with Gasteiger partial charge >= 0.3 is 0 Å². The lowest BCUT2D eigenvalue weighted by Gasteiger charge is -2.02. The van der Waals surface area contributed by atoms with Crippen LogP contribution in [0.3, 0.4) is 0 Å². The molecule has 3 heteroatoms. The van der Waals surface area contributed by atoms with Gasteiger partial charge in [-0.15, -0.1) is 0 Å². The van der Waals surface area contributed by atoms with Crippen molar-refractivity contribution in [3.8, 4) is 0 Å². The highest BCUT2D eigenvalue weighted by Gasteiger charge is 2.15. The lowest BCUT2D eigenvalue weighted by molar-refractivity contribution is 0.103. The number of carbonyl (C=O) groups is 1. The Morgan fingerprint density at radius 1 is 1.33 bits per heavy atom. The molecule has 1 rings (SSSR count). The van der Waals surface area contributed by atoms with Crippen molar-refractivity contribution in [2.24, 2.45) is 0 Å². The van der Waals surface area contributed by atoms with Crippen molar-refractivity contribution in [1.29, 1.82) is 0 Å². The Labute approximate surface area is 87.4 Å². The quantitative estimate of drug-likeness (QED) is 0.551. The van der Waals surface area contributed by atoms with Gasteiger partial charge in [0.2, 0.25) is 0 Å². The van der Waals surface area contributed by atoms with Gasteiger partial charge in [0.15, 0.2) is 5.78 Å². The zero-order valence-corrected chi connectivity index (χ0v) is 8.68. The second kappa shape index (κ2) is 4.82. The van der Waals surface area contributed by atoms with Crippen LogP contribution in [0.15, 0.2) is 24.3 Å². The lowest BCUT2D eigenvalue weighted by Crippen LogP contribution is -2.03. The normalized spacial score (nSPS) is 10.9. The Hall–Kier alpha value is -1.51. The molecule has 0 amide bonds. The van der Waals surface area contributed by atoms with Crippen molar-refractivity contribution in [3.63, 3.8) is 0 Å². The van der Waals surface area contributed by atoms with Crippen LogP contribution in [-0.4, -0.2) is 5.78 Å². The maximum Gasteiger partial charge on any atom is 0.191 e. The Kier molecular flexibility index (Phi) is 3.72. The van der Waals surface area contributed by atoms with Crippen LogP contribution >= 0.6 is 0 Å². The number of carbonyl (C=O) groups excluding carboxylic acids is 1. The number of aryl methyl sites for hydroxylation is 1. The number of ketones is 1. The predicted molar refractivity (Wildman–Crippen MR) is 54.9 cm³/mol. The van der Waals surface area contributed by atoms with Crippen molar-refractivity contribution in [1.82, 2.24) is 0 Å². The molecule has 0 atom stereocenters. The molecule has 15 heavy (non-hydrogen) atoms. The first-order chi connectivity index (χ1) is 7.06. The molecule has 0 saturated carbocycles. The topological polar surface area (TPSA) is 17.1 Å². The summed E-state index contributed by atoms with van der Waals surface area (Å²) in [4.78, 5) is 11.4. The molecular weight excluding hydrogens is 198 g/mol. The molecule has 0 spiro atoms. The highest BCUT2D eigenvalue weighted by Crippen LogP contribution is 2.16. The van der Waals surface area contributed by atoms with E-state index < -0.39 is 23.0 Å². The second-order valence-electron chi connectivity index (χ2n) is 3.28. The number of rotatable bonds is 3. The van der Waals surface area contributed by atoms with Gasteiger partial charge in [-0.3, -0.25) is 4.79 Å². The largest absolute Gasteiger partial charge is 0.289 e. The smallest absolute Gasteiger partial charge is 0.191 e. The molecule has 1 aromatic carbocycles. The van der Waals surface area contributed by atoms with Crippen molar-refractivity contribution in [2.75, 3.05) is 0 Å². The summed E-state index contributed by atoms with van der Waals surface area (Å²) in [5.74, 6) is -2.25. The van der Waals surface area contributed by atoms with E-state index in [9.17, 15) is 13.6 Å². The van der Waals surface area contributed by atoms with Gasteiger partial charge in [0.05, 0.1) is 5.56 Å². The molecule has 0 bridgehead atoms. The fourth-order valence-electron chi connectivity index (χ4n) is 1.24. The minimum Gasteiger partial charge on any atom is -0.289 e. The van der Waals surface area contributed by atoms with Gasteiger partial charge < -0.3 is 0 Å². The van der Waals surface area contributed by atoms with Crippen LogP contribution in [0.5, 0.6) is 0 Å². The summed E-state index contributed by atoms with van der Waals surface area (Å²) in [5.41, 5.74) is -0.0219. The van der Waals surface area contributed by atoms with E-state index in [0.29, 0.717) is 12.0 Å². The summed E-state index contributed by atoms with van der Waals surface area (Å²) in [6.07, 6.45) is 3.42. The number of hydrogen-bond donors (Lipinski definition) is 0. The van der Waals surface area contributed by atoms with Gasteiger partial charge in [-0.05, 0) is 37.1 Å². The van der Waals surface area contributed by atoms with Crippen molar-refractivity contribution in [2.45, 2.75) is 20.3 Å². The molecule has 0 N–H and O–H groups in total. The average Bonchev–Trinajstić information content (AvgIpc) is 2.12. The zero-order chi connectivity index (χ0) is 11.4. The minimum absolute atomic E-state index is 0.459. The zero-order valence-electron chi connectivity index (χ0n) is 8.68. The van der Waals surface area contributed by atoms with E-state index in [4.69, 9.17) is 0 Å². The highest BCUT2D eigenvalue weighted by molar-refractivity contribution is 6.04. The van der Waals surface area contributed by atoms with Gasteiger partial charge in [0.25, 0.3) is 0 Å². The van der Waals surface area contributed by atoms with Gasteiger partial charge in [-0.1, -0.05) is 13.0 Å². The molecule has 0 radical (unpaired) electrons. The van der Waals surface area contributed by atoms with Gasteiger partial charge in [-0.25, -0.2) is 8.78 Å². The first-order valence-electron chi connectivity index (χ1n) is 4.72. The summed E-state index contributed by atoms with van der Waals surface area (Å²) in [5, 5.41) is 0. The van der Waals surface area contributed by atoms with E-state index in [0.717, 1.165) is 12.1 Å². The molecule has 1 nitrogen and oxygen atoms in total. The van der Waals surface area contributed by atoms with Crippen molar-refractivity contribution in [3.05, 3.63) is 47.0 Å². The second-order valence-corrected chi connectivity index (χ2v) is 3.28. The third-order valence-corrected chi connectivity index (χ3v) is 1.94. The van der Waals surface area contributed by atoms with Crippen LogP contribution in [0, 0.1) is 18.6 Å². The Morgan fingerprint density at radius 2 is 1.87 bits per heavy atom. The summed E-state index contributed by atoms with van der Waals surface area (Å²) in [6, 6.07) is 2.30. The van der Waals surface area contributed by atoms with Gasteiger partial charge in [0.1, 0.15) is 11.6 Å². The maximum atomic E-state index is 13.3. The summed E-state index contributed by atoms with van der Waals surface area (Å²) in [7, 11) is 0.